The lowest BCUT2D eigenvalue weighted by Gasteiger charge is -2.36. The second-order valence-corrected chi connectivity index (χ2v) is 10.8. The summed E-state index contributed by atoms with van der Waals surface area (Å²) in [5.41, 5.74) is 2.35. The van der Waals surface area contributed by atoms with Crippen LogP contribution in [0.15, 0.2) is 103 Å². The van der Waals surface area contributed by atoms with Gasteiger partial charge in [0.1, 0.15) is 0 Å². The van der Waals surface area contributed by atoms with E-state index < -0.39 is 8.32 Å². The van der Waals surface area contributed by atoms with Crippen molar-refractivity contribution < 1.29 is 4.43 Å². The van der Waals surface area contributed by atoms with Gasteiger partial charge in [-0.15, -0.1) is 0 Å². The van der Waals surface area contributed by atoms with Gasteiger partial charge >= 0.3 is 0 Å². The highest BCUT2D eigenvalue weighted by molar-refractivity contribution is 6.96. The summed E-state index contributed by atoms with van der Waals surface area (Å²) in [5, 5.41) is 2.56. The van der Waals surface area contributed by atoms with Gasteiger partial charge in [-0.3, -0.25) is 0 Å². The van der Waals surface area contributed by atoms with Crippen LogP contribution in [-0.2, 0) is 4.43 Å². The minimum absolute atomic E-state index is 0.0375. The summed E-state index contributed by atoms with van der Waals surface area (Å²) < 4.78 is 7.03. The zero-order valence-corrected chi connectivity index (χ0v) is 17.4. The third kappa shape index (κ3) is 4.29. The zero-order valence-electron chi connectivity index (χ0n) is 16.4. The molecule has 0 amide bonds. The highest BCUT2D eigenvalue weighted by Gasteiger charge is 2.38. The molecular weight excluding hydrogens is 344 g/mol. The largest absolute Gasteiger partial charge is 0.401 e. The van der Waals surface area contributed by atoms with E-state index in [0.717, 1.165) is 5.57 Å². The van der Waals surface area contributed by atoms with Crippen molar-refractivity contribution in [3.05, 3.63) is 109 Å². The molecule has 2 heteroatoms. The summed E-state index contributed by atoms with van der Waals surface area (Å²) in [6.45, 7) is 10.9. The van der Waals surface area contributed by atoms with Gasteiger partial charge in [0, 0.05) is 5.92 Å². The van der Waals surface area contributed by atoms with Crippen LogP contribution >= 0.6 is 0 Å². The maximum Gasteiger partial charge on any atom is 0.253 e. The highest BCUT2D eigenvalue weighted by Crippen LogP contribution is 2.28. The molecule has 3 aromatic rings. The average molecular weight is 373 g/mol. The molecule has 0 aromatic heterocycles. The summed E-state index contributed by atoms with van der Waals surface area (Å²) >= 11 is 0. The van der Waals surface area contributed by atoms with E-state index in [4.69, 9.17) is 4.43 Å². The Morgan fingerprint density at radius 3 is 1.59 bits per heavy atom. The first-order chi connectivity index (χ1) is 13.0. The fourth-order valence-corrected chi connectivity index (χ4v) is 6.81. The van der Waals surface area contributed by atoms with Crippen LogP contribution in [0, 0.1) is 0 Å². The van der Waals surface area contributed by atoms with Crippen LogP contribution in [0.2, 0.25) is 6.55 Å². The molecular formula is C25H28OSi. The zero-order chi connectivity index (χ0) is 19.3. The fraction of sp³-hybridized carbons (Fsp3) is 0.200. The van der Waals surface area contributed by atoms with Crippen molar-refractivity contribution in [1.29, 1.82) is 0 Å². The lowest BCUT2D eigenvalue weighted by Crippen LogP contribution is -2.60. The van der Waals surface area contributed by atoms with Crippen LogP contribution in [0.25, 0.3) is 0 Å². The van der Waals surface area contributed by atoms with Gasteiger partial charge in [-0.25, -0.2) is 0 Å². The predicted molar refractivity (Wildman–Crippen MR) is 118 cm³/mol. The Labute approximate surface area is 164 Å². The molecule has 0 bridgehead atoms. The fourth-order valence-electron chi connectivity index (χ4n) is 3.63. The maximum atomic E-state index is 7.03. The minimum Gasteiger partial charge on any atom is -0.401 e. The summed E-state index contributed by atoms with van der Waals surface area (Å²) in [4.78, 5) is 0. The van der Waals surface area contributed by atoms with E-state index in [9.17, 15) is 0 Å². The Morgan fingerprint density at radius 1 is 0.778 bits per heavy atom. The van der Waals surface area contributed by atoms with Crippen LogP contribution in [0.3, 0.4) is 0 Å². The molecule has 138 valence electrons. The van der Waals surface area contributed by atoms with Crippen LogP contribution in [-0.4, -0.2) is 14.4 Å². The molecule has 0 saturated heterocycles. The second-order valence-electron chi connectivity index (χ2n) is 7.35. The molecule has 3 aromatic carbocycles. The lowest BCUT2D eigenvalue weighted by molar-refractivity contribution is 0.210. The Morgan fingerprint density at radius 2 is 1.19 bits per heavy atom. The molecule has 0 heterocycles. The average Bonchev–Trinajstić information content (AvgIpc) is 2.73. The first-order valence-electron chi connectivity index (χ1n) is 9.51. The van der Waals surface area contributed by atoms with E-state index >= 15 is 0 Å². The smallest absolute Gasteiger partial charge is 0.253 e. The van der Waals surface area contributed by atoms with E-state index in [1.54, 1.807) is 0 Å². The second kappa shape index (κ2) is 8.51. The van der Waals surface area contributed by atoms with E-state index in [1.807, 2.05) is 0 Å². The number of benzene rings is 3. The van der Waals surface area contributed by atoms with Crippen molar-refractivity contribution >= 4 is 18.7 Å². The number of hydrogen-bond acceptors (Lipinski definition) is 1. The van der Waals surface area contributed by atoms with Crippen molar-refractivity contribution in [3.63, 3.8) is 0 Å². The Kier molecular flexibility index (Phi) is 6.10. The third-order valence-electron chi connectivity index (χ3n) is 5.28. The van der Waals surface area contributed by atoms with Crippen LogP contribution < -0.4 is 10.4 Å². The molecule has 0 aliphatic heterocycles. The summed E-state index contributed by atoms with van der Waals surface area (Å²) in [7, 11) is -2.38. The van der Waals surface area contributed by atoms with Gasteiger partial charge in [-0.2, -0.15) is 0 Å². The quantitative estimate of drug-likeness (QED) is 0.412. The SMILES string of the molecule is C=C(C)C(O[Si](C)(c1ccccc1)c1ccccc1)C(C)c1ccccc1. The van der Waals surface area contributed by atoms with E-state index in [0.29, 0.717) is 0 Å². The normalized spacial score (nSPS) is 13.7. The Hall–Kier alpha value is -2.42. The molecule has 0 aliphatic carbocycles. The maximum absolute atomic E-state index is 7.03. The topological polar surface area (TPSA) is 9.23 Å². The van der Waals surface area contributed by atoms with E-state index in [-0.39, 0.29) is 12.0 Å². The molecule has 3 rings (SSSR count). The molecule has 0 fully saturated rings. The van der Waals surface area contributed by atoms with Crippen molar-refractivity contribution in [3.8, 4) is 0 Å². The van der Waals surface area contributed by atoms with Gasteiger partial charge in [-0.05, 0) is 29.4 Å². The summed E-state index contributed by atoms with van der Waals surface area (Å²) in [5.74, 6) is 0.239. The molecule has 0 spiro atoms. The van der Waals surface area contributed by atoms with Crippen molar-refractivity contribution in [2.75, 3.05) is 0 Å². The first kappa shape index (κ1) is 19.3. The molecule has 1 nitrogen and oxygen atoms in total. The van der Waals surface area contributed by atoms with Gasteiger partial charge in [0.05, 0.1) is 6.10 Å². The molecule has 2 atom stereocenters. The molecule has 27 heavy (non-hydrogen) atoms. The number of hydrogen-bond donors (Lipinski definition) is 0. The van der Waals surface area contributed by atoms with Crippen molar-refractivity contribution in [1.82, 2.24) is 0 Å². The molecule has 0 saturated carbocycles. The van der Waals surface area contributed by atoms with E-state index in [1.165, 1.54) is 15.9 Å². The molecule has 0 N–H and O–H groups in total. The number of rotatable bonds is 7. The third-order valence-corrected chi connectivity index (χ3v) is 8.87. The standard InChI is InChI=1S/C25H28OSi/c1-20(2)25(21(3)22-14-8-5-9-15-22)26-27(4,23-16-10-6-11-17-23)24-18-12-7-13-19-24/h5-19,21,25H,1H2,2-4H3. The Bertz CT molecular complexity index is 819. The van der Waals surface area contributed by atoms with Gasteiger partial charge < -0.3 is 4.43 Å². The van der Waals surface area contributed by atoms with Gasteiger partial charge in [-0.1, -0.05) is 110 Å². The Balaban J connectivity index is 2.03. The highest BCUT2D eigenvalue weighted by atomic mass is 28.4. The van der Waals surface area contributed by atoms with Crippen molar-refractivity contribution in [2.24, 2.45) is 0 Å². The molecule has 2 unspecified atom stereocenters. The van der Waals surface area contributed by atoms with E-state index in [2.05, 4.69) is 118 Å². The lowest BCUT2D eigenvalue weighted by atomic mass is 9.92. The van der Waals surface area contributed by atoms with Crippen LogP contribution in [0.1, 0.15) is 25.3 Å². The monoisotopic (exact) mass is 372 g/mol. The minimum atomic E-state index is -2.38. The van der Waals surface area contributed by atoms with Crippen molar-refractivity contribution in [2.45, 2.75) is 32.4 Å². The molecule has 0 aliphatic rings. The summed E-state index contributed by atoms with van der Waals surface area (Å²) in [6, 6.07) is 31.9. The van der Waals surface area contributed by atoms with Gasteiger partial charge in [0.2, 0.25) is 0 Å². The van der Waals surface area contributed by atoms with Gasteiger partial charge in [0.15, 0.2) is 0 Å². The predicted octanol–water partition coefficient (Wildman–Crippen LogP) is 5.14. The first-order valence-corrected chi connectivity index (χ1v) is 11.9. The summed E-state index contributed by atoms with van der Waals surface area (Å²) in [6.07, 6.45) is -0.0375. The molecule has 0 radical (unpaired) electrons. The van der Waals surface area contributed by atoms with Crippen LogP contribution in [0.4, 0.5) is 0 Å². The van der Waals surface area contributed by atoms with Crippen LogP contribution in [0.5, 0.6) is 0 Å². The van der Waals surface area contributed by atoms with Gasteiger partial charge in [0.25, 0.3) is 8.32 Å².